The maximum atomic E-state index is 12.4. The summed E-state index contributed by atoms with van der Waals surface area (Å²) in [5.74, 6) is -1.39. The van der Waals surface area contributed by atoms with E-state index in [2.05, 4.69) is 13.8 Å². The Kier molecular flexibility index (Phi) is 27.4. The van der Waals surface area contributed by atoms with Crippen LogP contribution in [0.1, 0.15) is 168 Å². The maximum absolute atomic E-state index is 12.4. The summed E-state index contributed by atoms with van der Waals surface area (Å²) >= 11 is 0. The van der Waals surface area contributed by atoms with E-state index in [4.69, 9.17) is 9.47 Å². The van der Waals surface area contributed by atoms with Crippen LogP contribution < -0.4 is 0 Å². The predicted molar refractivity (Wildman–Crippen MR) is 192 cm³/mol. The number of carbonyl (C=O) groups excluding carboxylic acids is 3. The van der Waals surface area contributed by atoms with Crippen molar-refractivity contribution in [3.63, 3.8) is 0 Å². The number of aliphatic hydroxyl groups is 3. The third-order valence-electron chi connectivity index (χ3n) is 9.37. The molecule has 0 bridgehead atoms. The second kappa shape index (κ2) is 29.8. The quantitative estimate of drug-likeness (QED) is 0.0378. The zero-order valence-electron chi connectivity index (χ0n) is 30.5. The SMILES string of the molecule is CCCCCCCCCCCCCCCCC(=O)O[C@@H](CO)COC(=O)CCC/C=C\C[C@H]1[C@@H](O)CC(=O)[C@@H]1/C=C/[C@@H](O)CCCCC. The van der Waals surface area contributed by atoms with E-state index >= 15 is 0 Å². The molecular weight excluding hydrogens is 608 g/mol. The minimum Gasteiger partial charge on any atom is -0.462 e. The Balaban J connectivity index is 2.13. The number of allylic oxidation sites excluding steroid dienone is 3. The lowest BCUT2D eigenvalue weighted by atomic mass is 9.90. The Labute approximate surface area is 292 Å². The van der Waals surface area contributed by atoms with Crippen molar-refractivity contribution in [2.75, 3.05) is 13.2 Å². The van der Waals surface area contributed by atoms with Crippen LogP contribution in [0, 0.1) is 11.8 Å². The maximum Gasteiger partial charge on any atom is 0.306 e. The lowest BCUT2D eigenvalue weighted by Gasteiger charge is -2.17. The molecule has 0 aromatic rings. The first-order valence-electron chi connectivity index (χ1n) is 19.5. The summed E-state index contributed by atoms with van der Waals surface area (Å²) in [4.78, 5) is 36.8. The molecule has 0 aliphatic heterocycles. The second-order valence-electron chi connectivity index (χ2n) is 13.8. The summed E-state index contributed by atoms with van der Waals surface area (Å²) < 4.78 is 10.5. The van der Waals surface area contributed by atoms with Crippen LogP contribution in [0.5, 0.6) is 0 Å². The van der Waals surface area contributed by atoms with Gasteiger partial charge in [-0.25, -0.2) is 0 Å². The van der Waals surface area contributed by atoms with E-state index in [1.807, 2.05) is 12.2 Å². The van der Waals surface area contributed by atoms with Crippen LogP contribution in [-0.4, -0.2) is 64.6 Å². The fourth-order valence-corrected chi connectivity index (χ4v) is 6.30. The molecule has 1 rings (SSSR count). The highest BCUT2D eigenvalue weighted by Gasteiger charge is 2.39. The Morgan fingerprint density at radius 1 is 0.792 bits per heavy atom. The van der Waals surface area contributed by atoms with Crippen molar-refractivity contribution < 1.29 is 39.2 Å². The molecule has 0 saturated heterocycles. The highest BCUT2D eigenvalue weighted by molar-refractivity contribution is 5.86. The number of hydrogen-bond donors (Lipinski definition) is 3. The van der Waals surface area contributed by atoms with Crippen LogP contribution in [0.15, 0.2) is 24.3 Å². The number of ether oxygens (including phenoxy) is 2. The second-order valence-corrected chi connectivity index (χ2v) is 13.8. The molecular formula is C40H70O8. The van der Waals surface area contributed by atoms with Crippen LogP contribution in [0.4, 0.5) is 0 Å². The van der Waals surface area contributed by atoms with Crippen molar-refractivity contribution in [1.82, 2.24) is 0 Å². The van der Waals surface area contributed by atoms with Crippen LogP contribution in [-0.2, 0) is 23.9 Å². The average Bonchev–Trinajstić information content (AvgIpc) is 3.34. The van der Waals surface area contributed by atoms with E-state index in [0.29, 0.717) is 32.1 Å². The van der Waals surface area contributed by atoms with E-state index in [0.717, 1.165) is 38.5 Å². The van der Waals surface area contributed by atoms with E-state index < -0.39 is 36.8 Å². The number of ketones is 1. The van der Waals surface area contributed by atoms with Gasteiger partial charge in [0.05, 0.1) is 18.8 Å². The van der Waals surface area contributed by atoms with Crippen molar-refractivity contribution in [3.05, 3.63) is 24.3 Å². The molecule has 0 aromatic heterocycles. The molecule has 3 N–H and O–H groups in total. The molecule has 0 radical (unpaired) electrons. The van der Waals surface area contributed by atoms with Crippen molar-refractivity contribution in [3.8, 4) is 0 Å². The Hall–Kier alpha value is -2.03. The van der Waals surface area contributed by atoms with E-state index in [9.17, 15) is 29.7 Å². The summed E-state index contributed by atoms with van der Waals surface area (Å²) in [6.45, 7) is 3.80. The van der Waals surface area contributed by atoms with Gasteiger partial charge >= 0.3 is 11.9 Å². The molecule has 0 spiro atoms. The number of esters is 2. The standard InChI is InChI=1S/C40H70O8/c1-3-5-7-8-9-10-11-12-13-14-15-16-17-23-27-40(46)48-34(31-41)32-47-39(45)26-22-19-18-21-25-35-36(38(44)30-37(35)43)29-28-33(42)24-20-6-4-2/h18,21,28-29,33-37,41-43H,3-17,19-20,22-27,30-32H2,1-2H3/b21-18-,29-28+/t33-,34-,35+,36+,37-/m0/s1. The van der Waals surface area contributed by atoms with E-state index in [1.54, 1.807) is 12.2 Å². The smallest absolute Gasteiger partial charge is 0.306 e. The van der Waals surface area contributed by atoms with Gasteiger partial charge < -0.3 is 24.8 Å². The molecule has 1 aliphatic carbocycles. The first-order chi connectivity index (χ1) is 23.3. The van der Waals surface area contributed by atoms with Gasteiger partial charge in [0.2, 0.25) is 0 Å². The molecule has 0 unspecified atom stereocenters. The highest BCUT2D eigenvalue weighted by atomic mass is 16.6. The van der Waals surface area contributed by atoms with Gasteiger partial charge in [-0.05, 0) is 32.1 Å². The molecule has 8 nitrogen and oxygen atoms in total. The molecule has 1 aliphatic rings. The Morgan fingerprint density at radius 3 is 1.96 bits per heavy atom. The Bertz CT molecular complexity index is 884. The van der Waals surface area contributed by atoms with Crippen LogP contribution in [0.2, 0.25) is 0 Å². The normalized spacial score (nSPS) is 19.4. The average molecular weight is 679 g/mol. The van der Waals surface area contributed by atoms with E-state index in [-0.39, 0.29) is 37.1 Å². The zero-order chi connectivity index (χ0) is 35.2. The summed E-state index contributed by atoms with van der Waals surface area (Å²) in [5, 5.41) is 30.1. The van der Waals surface area contributed by atoms with Crippen LogP contribution in [0.3, 0.4) is 0 Å². The lowest BCUT2D eigenvalue weighted by molar-refractivity contribution is -0.161. The van der Waals surface area contributed by atoms with E-state index in [1.165, 1.54) is 70.6 Å². The van der Waals surface area contributed by atoms with Gasteiger partial charge in [0.25, 0.3) is 0 Å². The molecule has 8 heteroatoms. The molecule has 48 heavy (non-hydrogen) atoms. The van der Waals surface area contributed by atoms with Gasteiger partial charge in [-0.1, -0.05) is 141 Å². The van der Waals surface area contributed by atoms with Gasteiger partial charge in [0, 0.05) is 31.1 Å². The fourth-order valence-electron chi connectivity index (χ4n) is 6.30. The van der Waals surface area contributed by atoms with Crippen molar-refractivity contribution in [2.45, 2.75) is 186 Å². The van der Waals surface area contributed by atoms with Crippen LogP contribution in [0.25, 0.3) is 0 Å². The van der Waals surface area contributed by atoms with Gasteiger partial charge in [-0.15, -0.1) is 0 Å². The van der Waals surface area contributed by atoms with Crippen molar-refractivity contribution in [1.29, 1.82) is 0 Å². The zero-order valence-corrected chi connectivity index (χ0v) is 30.5. The molecule has 1 saturated carbocycles. The van der Waals surface area contributed by atoms with Crippen molar-refractivity contribution >= 4 is 17.7 Å². The number of Topliss-reactive ketones (excluding diaryl/α,β-unsaturated/α-hetero) is 1. The fraction of sp³-hybridized carbons (Fsp3) is 0.825. The first-order valence-corrected chi connectivity index (χ1v) is 19.5. The molecule has 278 valence electrons. The van der Waals surface area contributed by atoms with Gasteiger partial charge in [-0.3, -0.25) is 14.4 Å². The summed E-state index contributed by atoms with van der Waals surface area (Å²) in [6, 6.07) is 0. The Morgan fingerprint density at radius 2 is 1.35 bits per heavy atom. The summed E-state index contributed by atoms with van der Waals surface area (Å²) in [5.41, 5.74) is 0. The predicted octanol–water partition coefficient (Wildman–Crippen LogP) is 8.49. The van der Waals surface area contributed by atoms with Gasteiger partial charge in [0.1, 0.15) is 12.4 Å². The molecule has 5 atom stereocenters. The minimum absolute atomic E-state index is 0.00216. The largest absolute Gasteiger partial charge is 0.462 e. The van der Waals surface area contributed by atoms with Gasteiger partial charge in [-0.2, -0.15) is 0 Å². The minimum atomic E-state index is -0.854. The third-order valence-corrected chi connectivity index (χ3v) is 9.37. The highest BCUT2D eigenvalue weighted by Crippen LogP contribution is 2.33. The van der Waals surface area contributed by atoms with Crippen molar-refractivity contribution in [2.24, 2.45) is 11.8 Å². The number of carbonyl (C=O) groups is 3. The monoisotopic (exact) mass is 679 g/mol. The number of hydrogen-bond acceptors (Lipinski definition) is 8. The van der Waals surface area contributed by atoms with Crippen LogP contribution >= 0.6 is 0 Å². The first kappa shape index (κ1) is 44.0. The van der Waals surface area contributed by atoms with Gasteiger partial charge in [0.15, 0.2) is 6.10 Å². The molecule has 1 fully saturated rings. The lowest BCUT2D eigenvalue weighted by Crippen LogP contribution is -2.28. The summed E-state index contributed by atoms with van der Waals surface area (Å²) in [6.07, 6.45) is 28.8. The molecule has 0 aromatic carbocycles. The third kappa shape index (κ3) is 22.6. The summed E-state index contributed by atoms with van der Waals surface area (Å²) in [7, 11) is 0. The number of unbranched alkanes of at least 4 members (excludes halogenated alkanes) is 16. The molecule has 0 amide bonds. The number of rotatable bonds is 31. The molecule has 0 heterocycles. The number of aliphatic hydroxyl groups excluding tert-OH is 3. The topological polar surface area (TPSA) is 130 Å².